The maximum Gasteiger partial charge on any atom is 0.244 e. The average Bonchev–Trinajstić information content (AvgIpc) is 2.86. The topological polar surface area (TPSA) is 64.3 Å². The Labute approximate surface area is 113 Å². The summed E-state index contributed by atoms with van der Waals surface area (Å²) in [5, 5.41) is 2.99. The van der Waals surface area contributed by atoms with Crippen molar-refractivity contribution in [2.24, 2.45) is 0 Å². The van der Waals surface area contributed by atoms with Crippen LogP contribution in [0.25, 0.3) is 6.08 Å². The highest BCUT2D eigenvalue weighted by atomic mass is 16.5. The third-order valence-electron chi connectivity index (χ3n) is 3.43. The van der Waals surface area contributed by atoms with Gasteiger partial charge in [-0.2, -0.15) is 0 Å². The van der Waals surface area contributed by atoms with E-state index in [2.05, 4.69) is 5.32 Å². The van der Waals surface area contributed by atoms with E-state index >= 15 is 0 Å². The van der Waals surface area contributed by atoms with E-state index < -0.39 is 0 Å². The summed E-state index contributed by atoms with van der Waals surface area (Å²) in [5.41, 5.74) is 7.29. The number of carbonyl (C=O) groups is 1. The van der Waals surface area contributed by atoms with Crippen LogP contribution in [-0.2, 0) is 9.53 Å². The van der Waals surface area contributed by atoms with Crippen LogP contribution in [0, 0.1) is 0 Å². The number of benzene rings is 1. The van der Waals surface area contributed by atoms with Gasteiger partial charge in [0.05, 0.1) is 6.10 Å². The molecule has 4 heteroatoms. The smallest absolute Gasteiger partial charge is 0.244 e. The largest absolute Gasteiger partial charge is 0.399 e. The van der Waals surface area contributed by atoms with Gasteiger partial charge in [0.15, 0.2) is 0 Å². The molecule has 0 heterocycles. The highest BCUT2D eigenvalue weighted by Crippen LogP contribution is 2.21. The first-order valence-corrected chi connectivity index (χ1v) is 6.54. The summed E-state index contributed by atoms with van der Waals surface area (Å²) >= 11 is 0. The number of nitrogens with one attached hydrogen (secondary N) is 1. The summed E-state index contributed by atoms with van der Waals surface area (Å²) in [6, 6.07) is 7.63. The summed E-state index contributed by atoms with van der Waals surface area (Å²) in [6.07, 6.45) is 6.54. The van der Waals surface area contributed by atoms with Crippen molar-refractivity contribution >= 4 is 17.7 Å². The molecular weight excluding hydrogens is 240 g/mol. The molecule has 0 aliphatic heterocycles. The molecule has 1 fully saturated rings. The summed E-state index contributed by atoms with van der Waals surface area (Å²) in [4.78, 5) is 11.8. The summed E-state index contributed by atoms with van der Waals surface area (Å²) in [5.74, 6) is -0.0569. The van der Waals surface area contributed by atoms with Crippen LogP contribution in [-0.4, -0.2) is 25.2 Å². The number of ether oxygens (including phenoxy) is 1. The van der Waals surface area contributed by atoms with Crippen LogP contribution in [0.3, 0.4) is 0 Å². The quantitative estimate of drug-likeness (QED) is 0.642. The molecule has 3 N–H and O–H groups in total. The van der Waals surface area contributed by atoms with Crippen LogP contribution in [0.4, 0.5) is 5.69 Å². The molecule has 2 unspecified atom stereocenters. The zero-order valence-corrected chi connectivity index (χ0v) is 11.1. The molecule has 1 amide bonds. The number of amides is 1. The van der Waals surface area contributed by atoms with Gasteiger partial charge in [-0.15, -0.1) is 0 Å². The molecule has 1 aliphatic rings. The Morgan fingerprint density at radius 2 is 2.11 bits per heavy atom. The zero-order valence-electron chi connectivity index (χ0n) is 11.1. The van der Waals surface area contributed by atoms with E-state index in [1.165, 1.54) is 0 Å². The minimum atomic E-state index is -0.0569. The maximum absolute atomic E-state index is 11.8. The van der Waals surface area contributed by atoms with Crippen molar-refractivity contribution in [3.05, 3.63) is 35.9 Å². The summed E-state index contributed by atoms with van der Waals surface area (Å²) < 4.78 is 5.28. The first-order chi connectivity index (χ1) is 9.17. The molecule has 0 bridgehead atoms. The normalized spacial score (nSPS) is 22.8. The van der Waals surface area contributed by atoms with E-state index in [1.54, 1.807) is 19.3 Å². The summed E-state index contributed by atoms with van der Waals surface area (Å²) in [7, 11) is 1.72. The number of methoxy groups -OCH3 is 1. The Morgan fingerprint density at radius 3 is 2.74 bits per heavy atom. The minimum Gasteiger partial charge on any atom is -0.399 e. The molecule has 0 radical (unpaired) electrons. The second kappa shape index (κ2) is 6.38. The van der Waals surface area contributed by atoms with Gasteiger partial charge < -0.3 is 15.8 Å². The van der Waals surface area contributed by atoms with Gasteiger partial charge in [-0.1, -0.05) is 12.1 Å². The fourth-order valence-corrected chi connectivity index (χ4v) is 2.31. The number of nitrogens with two attached hydrogens (primary N) is 1. The second-order valence-corrected chi connectivity index (χ2v) is 4.88. The molecule has 1 aromatic carbocycles. The molecule has 0 aromatic heterocycles. The first-order valence-electron chi connectivity index (χ1n) is 6.54. The Kier molecular flexibility index (Phi) is 4.58. The minimum absolute atomic E-state index is 0.0569. The van der Waals surface area contributed by atoms with Crippen LogP contribution in [0.15, 0.2) is 30.3 Å². The molecule has 19 heavy (non-hydrogen) atoms. The lowest BCUT2D eigenvalue weighted by Gasteiger charge is -2.11. The highest BCUT2D eigenvalue weighted by Gasteiger charge is 2.24. The standard InChI is InChI=1S/C15H20N2O2/c1-19-14-8-7-13(10-14)17-15(18)9-4-11-2-5-12(16)6-3-11/h2-6,9,13-14H,7-8,10,16H2,1H3,(H,17,18)/b9-4+. The number of carbonyl (C=O) groups excluding carboxylic acids is 1. The Bertz CT molecular complexity index is 454. The lowest BCUT2D eigenvalue weighted by Crippen LogP contribution is -2.31. The van der Waals surface area contributed by atoms with E-state index in [0.29, 0.717) is 0 Å². The number of hydrogen-bond donors (Lipinski definition) is 2. The van der Waals surface area contributed by atoms with Crippen molar-refractivity contribution in [2.75, 3.05) is 12.8 Å². The third kappa shape index (κ3) is 4.10. The molecule has 0 spiro atoms. The van der Waals surface area contributed by atoms with Gasteiger partial charge in [0.25, 0.3) is 0 Å². The lowest BCUT2D eigenvalue weighted by molar-refractivity contribution is -0.117. The fourth-order valence-electron chi connectivity index (χ4n) is 2.31. The Hall–Kier alpha value is -1.81. The molecule has 1 aromatic rings. The van der Waals surface area contributed by atoms with Crippen molar-refractivity contribution < 1.29 is 9.53 Å². The van der Waals surface area contributed by atoms with Crippen LogP contribution < -0.4 is 11.1 Å². The van der Waals surface area contributed by atoms with Crippen molar-refractivity contribution in [3.63, 3.8) is 0 Å². The predicted molar refractivity (Wildman–Crippen MR) is 76.5 cm³/mol. The second-order valence-electron chi connectivity index (χ2n) is 4.88. The molecule has 1 saturated carbocycles. The molecule has 4 nitrogen and oxygen atoms in total. The number of hydrogen-bond acceptors (Lipinski definition) is 3. The van der Waals surface area contributed by atoms with Gasteiger partial charge in [-0.05, 0) is 43.0 Å². The zero-order chi connectivity index (χ0) is 13.7. The van der Waals surface area contributed by atoms with Crippen molar-refractivity contribution in [1.29, 1.82) is 0 Å². The monoisotopic (exact) mass is 260 g/mol. The van der Waals surface area contributed by atoms with Crippen LogP contribution >= 0.6 is 0 Å². The Morgan fingerprint density at radius 1 is 1.37 bits per heavy atom. The fraction of sp³-hybridized carbons (Fsp3) is 0.400. The van der Waals surface area contributed by atoms with Crippen LogP contribution in [0.5, 0.6) is 0 Å². The Balaban J connectivity index is 1.82. The lowest BCUT2D eigenvalue weighted by atomic mass is 10.2. The van der Waals surface area contributed by atoms with Gasteiger partial charge in [0, 0.05) is 24.9 Å². The van der Waals surface area contributed by atoms with E-state index in [-0.39, 0.29) is 18.1 Å². The van der Waals surface area contributed by atoms with Gasteiger partial charge >= 0.3 is 0 Å². The molecule has 0 saturated heterocycles. The van der Waals surface area contributed by atoms with Gasteiger partial charge in [-0.25, -0.2) is 0 Å². The molecular formula is C15H20N2O2. The van der Waals surface area contributed by atoms with Gasteiger partial charge in [-0.3, -0.25) is 4.79 Å². The van der Waals surface area contributed by atoms with Gasteiger partial charge in [0.2, 0.25) is 5.91 Å². The molecule has 102 valence electrons. The van der Waals surface area contributed by atoms with Crippen molar-refractivity contribution in [1.82, 2.24) is 5.32 Å². The van der Waals surface area contributed by atoms with Gasteiger partial charge in [0.1, 0.15) is 0 Å². The highest BCUT2D eigenvalue weighted by molar-refractivity contribution is 5.91. The molecule has 2 rings (SSSR count). The number of anilines is 1. The summed E-state index contributed by atoms with van der Waals surface area (Å²) in [6.45, 7) is 0. The molecule has 1 aliphatic carbocycles. The first kappa shape index (κ1) is 13.6. The number of rotatable bonds is 4. The van der Waals surface area contributed by atoms with Crippen molar-refractivity contribution in [3.8, 4) is 0 Å². The average molecular weight is 260 g/mol. The van der Waals surface area contributed by atoms with Crippen LogP contribution in [0.1, 0.15) is 24.8 Å². The van der Waals surface area contributed by atoms with E-state index in [0.717, 1.165) is 30.5 Å². The van der Waals surface area contributed by atoms with E-state index in [1.807, 2.05) is 24.3 Å². The molecule has 2 atom stereocenters. The number of nitrogen functional groups attached to an aromatic ring is 1. The third-order valence-corrected chi connectivity index (χ3v) is 3.43. The predicted octanol–water partition coefficient (Wildman–Crippen LogP) is 1.97. The van der Waals surface area contributed by atoms with E-state index in [9.17, 15) is 4.79 Å². The maximum atomic E-state index is 11.8. The SMILES string of the molecule is COC1CCC(NC(=O)/C=C/c2ccc(N)cc2)C1. The van der Waals surface area contributed by atoms with Crippen molar-refractivity contribution in [2.45, 2.75) is 31.4 Å². The van der Waals surface area contributed by atoms with Crippen LogP contribution in [0.2, 0.25) is 0 Å². The van der Waals surface area contributed by atoms with E-state index in [4.69, 9.17) is 10.5 Å².